The molecule has 0 saturated carbocycles. The second-order valence-electron chi connectivity index (χ2n) is 7.13. The standard InChI is InChI=1S/C21H24O6S/c1-21(2,27-28(3)23)18-13-19(22)26-20(18)24-14-15-8-7-11-17(12-15)25-16-9-5-4-6-10-16/h4-12,18,20H,13-14H2,1-3H3. The van der Waals surface area contributed by atoms with E-state index in [1.807, 2.05) is 54.6 Å². The van der Waals surface area contributed by atoms with E-state index >= 15 is 0 Å². The van der Waals surface area contributed by atoms with Crippen LogP contribution in [0.15, 0.2) is 54.6 Å². The number of carbonyl (C=O) groups is 1. The highest BCUT2D eigenvalue weighted by Crippen LogP contribution is 2.36. The molecule has 3 atom stereocenters. The van der Waals surface area contributed by atoms with Crippen LogP contribution < -0.4 is 4.74 Å². The first-order chi connectivity index (χ1) is 13.3. The highest BCUT2D eigenvalue weighted by atomic mass is 32.2. The molecule has 6 nitrogen and oxygen atoms in total. The van der Waals surface area contributed by atoms with E-state index in [1.165, 1.54) is 6.26 Å². The summed E-state index contributed by atoms with van der Waals surface area (Å²) in [5.74, 6) is 0.733. The zero-order chi connectivity index (χ0) is 20.1. The maximum absolute atomic E-state index is 11.8. The van der Waals surface area contributed by atoms with Crippen molar-refractivity contribution in [2.75, 3.05) is 6.26 Å². The maximum atomic E-state index is 11.8. The van der Waals surface area contributed by atoms with Crippen molar-refractivity contribution in [3.63, 3.8) is 0 Å². The van der Waals surface area contributed by atoms with E-state index in [0.29, 0.717) is 5.75 Å². The van der Waals surface area contributed by atoms with E-state index in [4.69, 9.17) is 18.4 Å². The van der Waals surface area contributed by atoms with Crippen LogP contribution in [0.2, 0.25) is 0 Å². The molecule has 0 bridgehead atoms. The topological polar surface area (TPSA) is 71.1 Å². The minimum atomic E-state index is -1.46. The van der Waals surface area contributed by atoms with Gasteiger partial charge in [0.15, 0.2) is 11.1 Å². The predicted octanol–water partition coefficient (Wildman–Crippen LogP) is 3.97. The molecular formula is C21H24O6S. The molecule has 1 aliphatic heterocycles. The van der Waals surface area contributed by atoms with Gasteiger partial charge in [-0.1, -0.05) is 30.3 Å². The average Bonchev–Trinajstić information content (AvgIpc) is 3.02. The minimum Gasteiger partial charge on any atom is -0.457 e. The van der Waals surface area contributed by atoms with Crippen LogP contribution in [0.25, 0.3) is 0 Å². The normalized spacial score (nSPS) is 20.6. The van der Waals surface area contributed by atoms with Crippen LogP contribution >= 0.6 is 0 Å². The van der Waals surface area contributed by atoms with Crippen LogP contribution in [-0.4, -0.2) is 28.3 Å². The molecule has 2 aromatic carbocycles. The van der Waals surface area contributed by atoms with Crippen LogP contribution in [0.5, 0.6) is 11.5 Å². The molecular weight excluding hydrogens is 380 g/mol. The summed E-state index contributed by atoms with van der Waals surface area (Å²) in [6.07, 6.45) is 0.851. The van der Waals surface area contributed by atoms with Gasteiger partial charge in [0.1, 0.15) is 11.5 Å². The second-order valence-corrected chi connectivity index (χ2v) is 8.10. The number of hydrogen-bond acceptors (Lipinski definition) is 6. The van der Waals surface area contributed by atoms with Crippen molar-refractivity contribution in [1.29, 1.82) is 0 Å². The summed E-state index contributed by atoms with van der Waals surface area (Å²) < 4.78 is 34.0. The van der Waals surface area contributed by atoms with E-state index in [1.54, 1.807) is 13.8 Å². The van der Waals surface area contributed by atoms with Gasteiger partial charge in [0.2, 0.25) is 6.29 Å². The first kappa shape index (κ1) is 20.5. The summed E-state index contributed by atoms with van der Waals surface area (Å²) in [6, 6.07) is 17.0. The second kappa shape index (κ2) is 8.86. The molecule has 0 amide bonds. The Hall–Kier alpha value is -2.22. The summed E-state index contributed by atoms with van der Waals surface area (Å²) in [6.45, 7) is 3.81. The lowest BCUT2D eigenvalue weighted by atomic mass is 9.89. The first-order valence-electron chi connectivity index (χ1n) is 8.99. The van der Waals surface area contributed by atoms with Crippen molar-refractivity contribution in [1.82, 2.24) is 0 Å². The Labute approximate surface area is 167 Å². The van der Waals surface area contributed by atoms with Gasteiger partial charge in [0.25, 0.3) is 0 Å². The number of para-hydroxylation sites is 1. The summed E-state index contributed by atoms with van der Waals surface area (Å²) in [7, 11) is 0. The quantitative estimate of drug-likeness (QED) is 0.620. The molecule has 0 radical (unpaired) electrons. The smallest absolute Gasteiger partial charge is 0.308 e. The third kappa shape index (κ3) is 5.41. The molecule has 150 valence electrons. The lowest BCUT2D eigenvalue weighted by Crippen LogP contribution is -2.40. The molecule has 7 heteroatoms. The lowest BCUT2D eigenvalue weighted by molar-refractivity contribution is -0.179. The fourth-order valence-electron chi connectivity index (χ4n) is 3.13. The Bertz CT molecular complexity index is 836. The molecule has 1 aliphatic rings. The number of hydrogen-bond donors (Lipinski definition) is 0. The molecule has 0 aliphatic carbocycles. The summed E-state index contributed by atoms with van der Waals surface area (Å²) in [4.78, 5) is 11.8. The average molecular weight is 404 g/mol. The molecule has 2 aromatic rings. The molecule has 1 fully saturated rings. The monoisotopic (exact) mass is 404 g/mol. The van der Waals surface area contributed by atoms with E-state index in [9.17, 15) is 9.00 Å². The van der Waals surface area contributed by atoms with E-state index in [-0.39, 0.29) is 24.9 Å². The number of rotatable bonds is 8. The van der Waals surface area contributed by atoms with E-state index < -0.39 is 23.0 Å². The number of cyclic esters (lactones) is 1. The van der Waals surface area contributed by atoms with Crippen LogP contribution in [0.4, 0.5) is 0 Å². The van der Waals surface area contributed by atoms with Crippen LogP contribution in [-0.2, 0) is 36.1 Å². The zero-order valence-corrected chi connectivity index (χ0v) is 16.9. The Morgan fingerprint density at radius 2 is 1.82 bits per heavy atom. The molecule has 0 spiro atoms. The van der Waals surface area contributed by atoms with Gasteiger partial charge in [0, 0.05) is 6.26 Å². The number of esters is 1. The Kier molecular flexibility index (Phi) is 6.49. The molecule has 1 heterocycles. The van der Waals surface area contributed by atoms with Gasteiger partial charge in [-0.05, 0) is 43.7 Å². The highest BCUT2D eigenvalue weighted by Gasteiger charge is 2.46. The summed E-state index contributed by atoms with van der Waals surface area (Å²) in [5, 5.41) is 0. The zero-order valence-electron chi connectivity index (χ0n) is 16.1. The van der Waals surface area contributed by atoms with E-state index in [2.05, 4.69) is 0 Å². The van der Waals surface area contributed by atoms with Crippen molar-refractivity contribution in [2.24, 2.45) is 5.92 Å². The third-order valence-corrected chi connectivity index (χ3v) is 5.14. The number of ether oxygens (including phenoxy) is 3. The summed E-state index contributed by atoms with van der Waals surface area (Å²) in [5.41, 5.74) is 0.0576. The van der Waals surface area contributed by atoms with Crippen molar-refractivity contribution in [3.8, 4) is 11.5 Å². The van der Waals surface area contributed by atoms with Gasteiger partial charge in [-0.15, -0.1) is 0 Å². The first-order valence-corrected chi connectivity index (χ1v) is 10.5. The molecule has 0 N–H and O–H groups in total. The van der Waals surface area contributed by atoms with Crippen LogP contribution in [0.3, 0.4) is 0 Å². The van der Waals surface area contributed by atoms with Gasteiger partial charge in [-0.25, -0.2) is 4.21 Å². The Morgan fingerprint density at radius 3 is 2.54 bits per heavy atom. The van der Waals surface area contributed by atoms with Gasteiger partial charge in [-0.2, -0.15) is 0 Å². The SMILES string of the molecule is CS(=O)OC(C)(C)C1CC(=O)OC1OCc1cccc(Oc2ccccc2)c1. The highest BCUT2D eigenvalue weighted by molar-refractivity contribution is 7.79. The van der Waals surface area contributed by atoms with Crippen molar-refractivity contribution >= 4 is 17.0 Å². The molecule has 28 heavy (non-hydrogen) atoms. The summed E-state index contributed by atoms with van der Waals surface area (Å²) >= 11 is -1.46. The molecule has 3 rings (SSSR count). The molecule has 3 unspecified atom stereocenters. The van der Waals surface area contributed by atoms with Crippen molar-refractivity contribution in [2.45, 2.75) is 38.8 Å². The van der Waals surface area contributed by atoms with Crippen LogP contribution in [0.1, 0.15) is 25.8 Å². The van der Waals surface area contributed by atoms with E-state index in [0.717, 1.165) is 11.3 Å². The van der Waals surface area contributed by atoms with Gasteiger partial charge >= 0.3 is 5.97 Å². The van der Waals surface area contributed by atoms with Gasteiger partial charge < -0.3 is 14.2 Å². The predicted molar refractivity (Wildman–Crippen MR) is 105 cm³/mol. The minimum absolute atomic E-state index is 0.159. The third-order valence-electron chi connectivity index (χ3n) is 4.48. The maximum Gasteiger partial charge on any atom is 0.308 e. The lowest BCUT2D eigenvalue weighted by Gasteiger charge is -2.31. The van der Waals surface area contributed by atoms with Crippen molar-refractivity contribution < 1.29 is 27.4 Å². The van der Waals surface area contributed by atoms with Crippen LogP contribution in [0, 0.1) is 5.92 Å². The van der Waals surface area contributed by atoms with Gasteiger partial charge in [-0.3, -0.25) is 8.98 Å². The Balaban J connectivity index is 1.65. The Morgan fingerprint density at radius 1 is 1.11 bits per heavy atom. The number of benzene rings is 2. The molecule has 1 saturated heterocycles. The fraction of sp³-hybridized carbons (Fsp3) is 0.381. The van der Waals surface area contributed by atoms with Gasteiger partial charge in [0.05, 0.1) is 24.5 Å². The fourth-order valence-corrected chi connectivity index (χ4v) is 3.85. The molecule has 0 aromatic heterocycles. The number of carbonyl (C=O) groups excluding carboxylic acids is 1. The largest absolute Gasteiger partial charge is 0.457 e. The van der Waals surface area contributed by atoms with Crippen molar-refractivity contribution in [3.05, 3.63) is 60.2 Å².